The fourth-order valence-corrected chi connectivity index (χ4v) is 4.97. The van der Waals surface area contributed by atoms with E-state index < -0.39 is 14.8 Å². The van der Waals surface area contributed by atoms with Crippen LogP contribution in [-0.2, 0) is 10.0 Å². The number of nitrogens with two attached hydrogens (primary N) is 1. The second kappa shape index (κ2) is 4.60. The number of hydrogen-bond acceptors (Lipinski definition) is 4. The van der Waals surface area contributed by atoms with Crippen molar-refractivity contribution < 1.29 is 8.42 Å². The molecule has 6 heteroatoms. The Labute approximate surface area is 97.4 Å². The lowest BCUT2D eigenvalue weighted by Gasteiger charge is -2.36. The Bertz CT molecular complexity index is 330. The van der Waals surface area contributed by atoms with E-state index in [1.54, 1.807) is 4.31 Å². The summed E-state index contributed by atoms with van der Waals surface area (Å²) >= 11 is 0. The van der Waals surface area contributed by atoms with Crippen LogP contribution in [0.15, 0.2) is 0 Å². The van der Waals surface area contributed by atoms with E-state index in [9.17, 15) is 8.42 Å². The molecule has 2 aliphatic rings. The predicted molar refractivity (Wildman–Crippen MR) is 63.6 cm³/mol. The first-order valence-electron chi connectivity index (χ1n) is 6.03. The van der Waals surface area contributed by atoms with Crippen molar-refractivity contribution in [2.75, 3.05) is 32.7 Å². The van der Waals surface area contributed by atoms with Gasteiger partial charge >= 0.3 is 0 Å². The summed E-state index contributed by atoms with van der Waals surface area (Å²) < 4.78 is 26.1. The molecule has 0 bridgehead atoms. The van der Waals surface area contributed by atoms with Gasteiger partial charge in [0.1, 0.15) is 0 Å². The van der Waals surface area contributed by atoms with Gasteiger partial charge in [0, 0.05) is 32.7 Å². The zero-order valence-corrected chi connectivity index (χ0v) is 10.4. The largest absolute Gasteiger partial charge is 0.329 e. The Morgan fingerprint density at radius 1 is 1.19 bits per heavy atom. The third-order valence-corrected chi connectivity index (χ3v) is 6.56. The molecule has 0 unspecified atom stereocenters. The molecule has 5 nitrogen and oxygen atoms in total. The van der Waals surface area contributed by atoms with Gasteiger partial charge in [-0.3, -0.25) is 0 Å². The van der Waals surface area contributed by atoms with E-state index in [1.165, 1.54) is 0 Å². The molecule has 1 aliphatic carbocycles. The molecule has 0 aromatic rings. The van der Waals surface area contributed by atoms with Gasteiger partial charge in [-0.05, 0) is 12.8 Å². The van der Waals surface area contributed by atoms with Crippen molar-refractivity contribution in [2.24, 2.45) is 5.73 Å². The van der Waals surface area contributed by atoms with Crippen molar-refractivity contribution in [1.29, 1.82) is 0 Å². The molecule has 1 heterocycles. The van der Waals surface area contributed by atoms with Crippen molar-refractivity contribution in [1.82, 2.24) is 9.62 Å². The fraction of sp³-hybridized carbons (Fsp3) is 1.00. The summed E-state index contributed by atoms with van der Waals surface area (Å²) in [5.74, 6) is 0. The summed E-state index contributed by atoms with van der Waals surface area (Å²) in [6.45, 7) is 2.94. The monoisotopic (exact) mass is 247 g/mol. The Kier molecular flexibility index (Phi) is 3.53. The second-order valence-electron chi connectivity index (χ2n) is 4.75. The van der Waals surface area contributed by atoms with Crippen molar-refractivity contribution in [2.45, 2.75) is 30.4 Å². The number of nitrogens with one attached hydrogen (secondary N) is 1. The van der Waals surface area contributed by atoms with Crippen molar-refractivity contribution in [3.8, 4) is 0 Å². The van der Waals surface area contributed by atoms with E-state index in [0.29, 0.717) is 13.1 Å². The molecule has 3 N–H and O–H groups in total. The summed E-state index contributed by atoms with van der Waals surface area (Å²) in [7, 11) is -3.21. The van der Waals surface area contributed by atoms with Crippen LogP contribution in [0.4, 0.5) is 0 Å². The minimum absolute atomic E-state index is 0.263. The number of nitrogens with zero attached hydrogens (tertiary/aromatic N) is 1. The van der Waals surface area contributed by atoms with E-state index in [4.69, 9.17) is 5.73 Å². The SMILES string of the molecule is NCC1(S(=O)(=O)N2CCNCC2)CCCC1. The fourth-order valence-electron chi connectivity index (χ4n) is 2.75. The first kappa shape index (κ1) is 12.3. The molecular weight excluding hydrogens is 226 g/mol. The summed E-state index contributed by atoms with van der Waals surface area (Å²) in [5.41, 5.74) is 5.74. The molecule has 94 valence electrons. The average Bonchev–Trinajstić information content (AvgIpc) is 2.80. The minimum Gasteiger partial charge on any atom is -0.329 e. The van der Waals surface area contributed by atoms with E-state index in [1.807, 2.05) is 0 Å². The van der Waals surface area contributed by atoms with E-state index >= 15 is 0 Å². The molecule has 2 fully saturated rings. The van der Waals surface area contributed by atoms with Crippen LogP contribution in [0.5, 0.6) is 0 Å². The number of rotatable bonds is 3. The Balaban J connectivity index is 2.22. The molecular formula is C10H21N3O2S. The van der Waals surface area contributed by atoms with Gasteiger partial charge in [-0.1, -0.05) is 12.8 Å². The van der Waals surface area contributed by atoms with Gasteiger partial charge in [0.2, 0.25) is 10.0 Å². The van der Waals surface area contributed by atoms with Gasteiger partial charge in [0.15, 0.2) is 0 Å². The van der Waals surface area contributed by atoms with E-state index in [-0.39, 0.29) is 6.54 Å². The normalized spacial score (nSPS) is 27.1. The molecule has 16 heavy (non-hydrogen) atoms. The highest BCUT2D eigenvalue weighted by molar-refractivity contribution is 7.90. The number of sulfonamides is 1. The summed E-state index contributed by atoms with van der Waals surface area (Å²) in [6.07, 6.45) is 3.44. The lowest BCUT2D eigenvalue weighted by molar-refractivity contribution is 0.342. The van der Waals surface area contributed by atoms with Gasteiger partial charge in [-0.2, -0.15) is 4.31 Å². The Hall–Kier alpha value is -0.170. The Morgan fingerprint density at radius 3 is 2.25 bits per heavy atom. The first-order valence-corrected chi connectivity index (χ1v) is 7.47. The molecule has 1 saturated heterocycles. The molecule has 0 spiro atoms. The summed E-state index contributed by atoms with van der Waals surface area (Å²) in [5, 5.41) is 3.17. The van der Waals surface area contributed by atoms with Gasteiger partial charge < -0.3 is 11.1 Å². The third-order valence-electron chi connectivity index (χ3n) is 3.85. The third kappa shape index (κ3) is 1.88. The molecule has 0 aromatic heterocycles. The van der Waals surface area contributed by atoms with Crippen LogP contribution >= 0.6 is 0 Å². The molecule has 2 rings (SSSR count). The standard InChI is InChI=1S/C10H21N3O2S/c11-9-10(3-1-2-4-10)16(14,15)13-7-5-12-6-8-13/h12H,1-9,11H2. The second-order valence-corrected chi connectivity index (χ2v) is 7.08. The summed E-state index contributed by atoms with van der Waals surface area (Å²) in [6, 6.07) is 0. The number of hydrogen-bond donors (Lipinski definition) is 2. The van der Waals surface area contributed by atoms with Crippen LogP contribution in [0.25, 0.3) is 0 Å². The average molecular weight is 247 g/mol. The Morgan fingerprint density at radius 2 is 1.75 bits per heavy atom. The van der Waals surface area contributed by atoms with E-state index in [2.05, 4.69) is 5.32 Å². The maximum absolute atomic E-state index is 12.6. The molecule has 0 radical (unpaired) electrons. The molecule has 0 aromatic carbocycles. The van der Waals surface area contributed by atoms with Crippen LogP contribution in [0.3, 0.4) is 0 Å². The topological polar surface area (TPSA) is 75.4 Å². The van der Waals surface area contributed by atoms with Gasteiger partial charge in [0.05, 0.1) is 4.75 Å². The van der Waals surface area contributed by atoms with Crippen molar-refractivity contribution in [3.63, 3.8) is 0 Å². The maximum atomic E-state index is 12.6. The van der Waals surface area contributed by atoms with Gasteiger partial charge in [0.25, 0.3) is 0 Å². The quantitative estimate of drug-likeness (QED) is 0.704. The molecule has 0 amide bonds. The van der Waals surface area contributed by atoms with Crippen LogP contribution in [0.2, 0.25) is 0 Å². The smallest absolute Gasteiger partial charge is 0.221 e. The predicted octanol–water partition coefficient (Wildman–Crippen LogP) is -0.507. The highest BCUT2D eigenvalue weighted by Crippen LogP contribution is 2.37. The highest BCUT2D eigenvalue weighted by atomic mass is 32.2. The van der Waals surface area contributed by atoms with Gasteiger partial charge in [-0.15, -0.1) is 0 Å². The zero-order valence-electron chi connectivity index (χ0n) is 9.61. The lowest BCUT2D eigenvalue weighted by Crippen LogP contribution is -2.56. The minimum atomic E-state index is -3.21. The first-order chi connectivity index (χ1) is 7.62. The van der Waals surface area contributed by atoms with Crippen LogP contribution < -0.4 is 11.1 Å². The maximum Gasteiger partial charge on any atom is 0.221 e. The molecule has 1 aliphatic heterocycles. The van der Waals surface area contributed by atoms with Crippen molar-refractivity contribution in [3.05, 3.63) is 0 Å². The van der Waals surface area contributed by atoms with Crippen molar-refractivity contribution >= 4 is 10.0 Å². The lowest BCUT2D eigenvalue weighted by atomic mass is 10.1. The summed E-state index contributed by atoms with van der Waals surface area (Å²) in [4.78, 5) is 0. The van der Waals surface area contributed by atoms with E-state index in [0.717, 1.165) is 38.8 Å². The molecule has 1 saturated carbocycles. The van der Waals surface area contributed by atoms with Crippen LogP contribution in [-0.4, -0.2) is 50.2 Å². The van der Waals surface area contributed by atoms with Crippen LogP contribution in [0.1, 0.15) is 25.7 Å². The van der Waals surface area contributed by atoms with Crippen LogP contribution in [0, 0.1) is 0 Å². The van der Waals surface area contributed by atoms with Gasteiger partial charge in [-0.25, -0.2) is 8.42 Å². The number of piperazine rings is 1. The zero-order chi connectivity index (χ0) is 11.6. The highest BCUT2D eigenvalue weighted by Gasteiger charge is 2.47. The molecule has 0 atom stereocenters.